The number of likely N-dealkylation sites (N-methyl/N-ethyl adjacent to an activating group) is 1. The van der Waals surface area contributed by atoms with Crippen LogP contribution in [0.3, 0.4) is 0 Å². The van der Waals surface area contributed by atoms with E-state index in [1.807, 2.05) is 13.1 Å². The third-order valence-corrected chi connectivity index (χ3v) is 2.77. The molecule has 2 aromatic rings. The highest BCUT2D eigenvalue weighted by Gasteiger charge is 2.09. The summed E-state index contributed by atoms with van der Waals surface area (Å²) in [4.78, 5) is 4.11. The summed E-state index contributed by atoms with van der Waals surface area (Å²) in [5.74, 6) is 0.546. The molecule has 1 N–H and O–H groups in total. The monoisotopic (exact) mass is 204 g/mol. The quantitative estimate of drug-likeness (QED) is 0.831. The minimum Gasteiger partial charge on any atom is -0.443 e. The van der Waals surface area contributed by atoms with Gasteiger partial charge in [0.05, 0.1) is 0 Å². The fourth-order valence-electron chi connectivity index (χ4n) is 1.87. The Morgan fingerprint density at radius 2 is 2.33 bits per heavy atom. The van der Waals surface area contributed by atoms with Crippen LogP contribution < -0.4 is 5.32 Å². The molecule has 3 heteroatoms. The maximum absolute atomic E-state index is 5.30. The molecule has 0 aliphatic carbocycles. The molecule has 1 aromatic carbocycles. The summed E-state index contributed by atoms with van der Waals surface area (Å²) in [5.41, 5.74) is 3.12. The van der Waals surface area contributed by atoms with E-state index in [4.69, 9.17) is 4.42 Å². The summed E-state index contributed by atoms with van der Waals surface area (Å²) < 4.78 is 5.30. The lowest BCUT2D eigenvalue weighted by Gasteiger charge is -2.14. The Morgan fingerprint density at radius 1 is 1.47 bits per heavy atom. The van der Waals surface area contributed by atoms with Gasteiger partial charge in [-0.1, -0.05) is 13.0 Å². The van der Waals surface area contributed by atoms with Gasteiger partial charge in [-0.3, -0.25) is 0 Å². The lowest BCUT2D eigenvalue weighted by molar-refractivity contribution is 0.594. The zero-order valence-corrected chi connectivity index (χ0v) is 9.16. The molecule has 1 unspecified atom stereocenters. The molecule has 0 saturated carbocycles. The molecule has 0 amide bonds. The van der Waals surface area contributed by atoms with Gasteiger partial charge in [0.2, 0.25) is 0 Å². The van der Waals surface area contributed by atoms with Crippen LogP contribution in [0.4, 0.5) is 0 Å². The van der Waals surface area contributed by atoms with Gasteiger partial charge in [-0.25, -0.2) is 4.98 Å². The molecule has 0 fully saturated rings. The Kier molecular flexibility index (Phi) is 3.02. The van der Waals surface area contributed by atoms with E-state index in [2.05, 4.69) is 29.4 Å². The maximum Gasteiger partial charge on any atom is 0.181 e. The number of rotatable bonds is 4. The highest BCUT2D eigenvalue weighted by Crippen LogP contribution is 2.22. The third-order valence-electron chi connectivity index (χ3n) is 2.77. The average Bonchev–Trinajstić information content (AvgIpc) is 2.72. The van der Waals surface area contributed by atoms with Crippen molar-refractivity contribution in [3.05, 3.63) is 30.2 Å². The predicted molar refractivity (Wildman–Crippen MR) is 61.0 cm³/mol. The summed E-state index contributed by atoms with van der Waals surface area (Å²) in [5, 5.41) is 3.21. The largest absolute Gasteiger partial charge is 0.443 e. The molecule has 1 atom stereocenters. The van der Waals surface area contributed by atoms with E-state index in [0.717, 1.165) is 24.1 Å². The zero-order valence-electron chi connectivity index (χ0n) is 9.16. The zero-order chi connectivity index (χ0) is 10.7. The van der Waals surface area contributed by atoms with Crippen molar-refractivity contribution in [2.75, 3.05) is 13.6 Å². The van der Waals surface area contributed by atoms with Crippen LogP contribution in [-0.4, -0.2) is 18.6 Å². The van der Waals surface area contributed by atoms with Crippen LogP contribution in [0, 0.1) is 0 Å². The lowest BCUT2D eigenvalue weighted by Crippen LogP contribution is -2.16. The summed E-state index contributed by atoms with van der Waals surface area (Å²) in [6.07, 6.45) is 2.62. The summed E-state index contributed by atoms with van der Waals surface area (Å²) in [7, 11) is 1.98. The number of fused-ring (bicyclic) bond motifs is 1. The van der Waals surface area contributed by atoms with Crippen molar-refractivity contribution in [2.24, 2.45) is 0 Å². The normalized spacial score (nSPS) is 13.2. The second-order valence-electron chi connectivity index (χ2n) is 3.74. The molecule has 1 heterocycles. The van der Waals surface area contributed by atoms with Gasteiger partial charge in [-0.05, 0) is 37.1 Å². The van der Waals surface area contributed by atoms with Gasteiger partial charge in [0.25, 0.3) is 0 Å². The van der Waals surface area contributed by atoms with Gasteiger partial charge in [-0.2, -0.15) is 0 Å². The van der Waals surface area contributed by atoms with E-state index in [-0.39, 0.29) is 0 Å². The average molecular weight is 204 g/mol. The number of nitrogens with zero attached hydrogens (tertiary/aromatic N) is 1. The van der Waals surface area contributed by atoms with Crippen LogP contribution in [0.25, 0.3) is 11.1 Å². The van der Waals surface area contributed by atoms with Gasteiger partial charge in [0.15, 0.2) is 12.0 Å². The Labute approximate surface area is 89.5 Å². The van der Waals surface area contributed by atoms with Gasteiger partial charge in [0.1, 0.15) is 5.52 Å². The van der Waals surface area contributed by atoms with E-state index in [9.17, 15) is 0 Å². The second kappa shape index (κ2) is 4.45. The number of benzene rings is 1. The minimum absolute atomic E-state index is 0.546. The number of nitrogens with one attached hydrogen (secondary N) is 1. The van der Waals surface area contributed by atoms with Crippen LogP contribution in [-0.2, 0) is 0 Å². The molecule has 0 bridgehead atoms. The topological polar surface area (TPSA) is 38.1 Å². The molecule has 0 aliphatic rings. The molecule has 3 nitrogen and oxygen atoms in total. The van der Waals surface area contributed by atoms with Crippen molar-refractivity contribution in [1.82, 2.24) is 10.3 Å². The fraction of sp³-hybridized carbons (Fsp3) is 0.417. The van der Waals surface area contributed by atoms with Crippen molar-refractivity contribution in [3.63, 3.8) is 0 Å². The van der Waals surface area contributed by atoms with Gasteiger partial charge < -0.3 is 9.73 Å². The van der Waals surface area contributed by atoms with E-state index in [0.29, 0.717) is 5.92 Å². The first kappa shape index (κ1) is 10.2. The lowest BCUT2D eigenvalue weighted by atomic mass is 9.96. The van der Waals surface area contributed by atoms with E-state index >= 15 is 0 Å². The van der Waals surface area contributed by atoms with Crippen molar-refractivity contribution in [2.45, 2.75) is 19.3 Å². The predicted octanol–water partition coefficient (Wildman–Crippen LogP) is 2.54. The van der Waals surface area contributed by atoms with Gasteiger partial charge >= 0.3 is 0 Å². The summed E-state index contributed by atoms with van der Waals surface area (Å²) >= 11 is 0. The highest BCUT2D eigenvalue weighted by molar-refractivity contribution is 5.72. The molecular weight excluding hydrogens is 188 g/mol. The molecule has 2 rings (SSSR count). The second-order valence-corrected chi connectivity index (χ2v) is 3.74. The molecule has 15 heavy (non-hydrogen) atoms. The Balaban J connectivity index is 2.33. The van der Waals surface area contributed by atoms with Crippen molar-refractivity contribution < 1.29 is 4.42 Å². The molecule has 80 valence electrons. The number of oxazole rings is 1. The van der Waals surface area contributed by atoms with Crippen LogP contribution in [0.5, 0.6) is 0 Å². The van der Waals surface area contributed by atoms with Crippen LogP contribution in [0.1, 0.15) is 24.8 Å². The molecule has 1 aromatic heterocycles. The third kappa shape index (κ3) is 2.02. The molecule has 0 spiro atoms. The van der Waals surface area contributed by atoms with Gasteiger partial charge in [-0.15, -0.1) is 0 Å². The Bertz CT molecular complexity index is 436. The smallest absolute Gasteiger partial charge is 0.181 e. The summed E-state index contributed by atoms with van der Waals surface area (Å²) in [6, 6.07) is 6.25. The van der Waals surface area contributed by atoms with E-state index < -0.39 is 0 Å². The first-order chi connectivity index (χ1) is 7.35. The highest BCUT2D eigenvalue weighted by atomic mass is 16.3. The van der Waals surface area contributed by atoms with Crippen molar-refractivity contribution >= 4 is 11.1 Å². The number of aromatic nitrogens is 1. The van der Waals surface area contributed by atoms with Crippen LogP contribution >= 0.6 is 0 Å². The standard InChI is InChI=1S/C12H16N2O/c1-3-9(7-13-2)10-4-5-11-12(6-10)15-8-14-11/h4-6,8-9,13H,3,7H2,1-2H3. The van der Waals surface area contributed by atoms with E-state index in [1.165, 1.54) is 12.0 Å². The van der Waals surface area contributed by atoms with Crippen molar-refractivity contribution in [1.29, 1.82) is 0 Å². The van der Waals surface area contributed by atoms with E-state index in [1.54, 1.807) is 0 Å². The number of hydrogen-bond acceptors (Lipinski definition) is 3. The minimum atomic E-state index is 0.546. The molecule has 0 saturated heterocycles. The van der Waals surface area contributed by atoms with Crippen LogP contribution in [0.2, 0.25) is 0 Å². The Hall–Kier alpha value is -1.35. The molecular formula is C12H16N2O. The summed E-state index contributed by atoms with van der Waals surface area (Å²) in [6.45, 7) is 3.20. The van der Waals surface area contributed by atoms with Crippen LogP contribution in [0.15, 0.2) is 29.0 Å². The first-order valence-electron chi connectivity index (χ1n) is 5.33. The van der Waals surface area contributed by atoms with Gasteiger partial charge in [0, 0.05) is 6.54 Å². The first-order valence-corrected chi connectivity index (χ1v) is 5.33. The SMILES string of the molecule is CCC(CNC)c1ccc2ncoc2c1. The Morgan fingerprint density at radius 3 is 3.07 bits per heavy atom. The number of hydrogen-bond donors (Lipinski definition) is 1. The molecule has 0 radical (unpaired) electrons. The fourth-order valence-corrected chi connectivity index (χ4v) is 1.87. The maximum atomic E-state index is 5.30. The molecule has 0 aliphatic heterocycles. The van der Waals surface area contributed by atoms with Crippen molar-refractivity contribution in [3.8, 4) is 0 Å².